The first kappa shape index (κ1) is 17.3. The van der Waals surface area contributed by atoms with Crippen LogP contribution >= 0.6 is 39.7 Å². The molecule has 1 unspecified atom stereocenters. The molecule has 0 amide bonds. The highest BCUT2D eigenvalue weighted by Crippen LogP contribution is 2.25. The molecule has 0 spiro atoms. The van der Waals surface area contributed by atoms with Crippen LogP contribution in [0.5, 0.6) is 0 Å². The number of nitrogens with one attached hydrogen (secondary N) is 2. The number of thiocarbonyl (C=S) groups is 1. The Bertz CT molecular complexity index is 634. The molecule has 0 aromatic heterocycles. The molecular weight excluding hydrogens is 380 g/mol. The van der Waals surface area contributed by atoms with Gasteiger partial charge in [0.15, 0.2) is 5.11 Å². The summed E-state index contributed by atoms with van der Waals surface area (Å²) >= 11 is 14.8. The van der Waals surface area contributed by atoms with Gasteiger partial charge in [-0.25, -0.2) is 0 Å². The molecule has 22 heavy (non-hydrogen) atoms. The minimum atomic E-state index is 0.297. The molecule has 0 aliphatic heterocycles. The van der Waals surface area contributed by atoms with E-state index in [0.29, 0.717) is 16.2 Å². The van der Waals surface area contributed by atoms with Gasteiger partial charge in [-0.2, -0.15) is 0 Å². The molecule has 0 saturated carbocycles. The van der Waals surface area contributed by atoms with Gasteiger partial charge in [0, 0.05) is 16.2 Å². The van der Waals surface area contributed by atoms with Crippen molar-refractivity contribution in [2.24, 2.45) is 0 Å². The molecule has 116 valence electrons. The van der Waals surface area contributed by atoms with Crippen molar-refractivity contribution in [2.75, 3.05) is 5.32 Å². The topological polar surface area (TPSA) is 24.1 Å². The molecule has 2 aromatic rings. The first-order valence-corrected chi connectivity index (χ1v) is 8.69. The molecule has 0 aliphatic rings. The Balaban J connectivity index is 1.79. The van der Waals surface area contributed by atoms with E-state index < -0.39 is 0 Å². The number of benzene rings is 2. The van der Waals surface area contributed by atoms with Gasteiger partial charge >= 0.3 is 0 Å². The fourth-order valence-corrected chi connectivity index (χ4v) is 2.81. The van der Waals surface area contributed by atoms with Gasteiger partial charge in [-0.15, -0.1) is 0 Å². The molecule has 2 nitrogen and oxygen atoms in total. The lowest BCUT2D eigenvalue weighted by atomic mass is 10.1. The Hall–Kier alpha value is -1.10. The summed E-state index contributed by atoms with van der Waals surface area (Å²) in [5.74, 6) is 0. The first-order chi connectivity index (χ1) is 10.5. The third-order valence-electron chi connectivity index (χ3n) is 3.26. The van der Waals surface area contributed by atoms with Crippen LogP contribution in [0, 0.1) is 0 Å². The van der Waals surface area contributed by atoms with Crippen molar-refractivity contribution < 1.29 is 0 Å². The summed E-state index contributed by atoms with van der Waals surface area (Å²) in [5.41, 5.74) is 2.22. The number of hydrogen-bond donors (Lipinski definition) is 2. The second kappa shape index (κ2) is 8.51. The van der Waals surface area contributed by atoms with E-state index in [0.717, 1.165) is 23.0 Å². The molecule has 0 bridgehead atoms. The summed E-state index contributed by atoms with van der Waals surface area (Å²) in [7, 11) is 0. The first-order valence-electron chi connectivity index (χ1n) is 7.11. The van der Waals surface area contributed by atoms with E-state index in [-0.39, 0.29) is 0 Å². The van der Waals surface area contributed by atoms with E-state index in [1.165, 1.54) is 5.56 Å². The number of anilines is 1. The van der Waals surface area contributed by atoms with Gasteiger partial charge < -0.3 is 10.6 Å². The van der Waals surface area contributed by atoms with E-state index in [2.05, 4.69) is 57.8 Å². The maximum absolute atomic E-state index is 6.07. The number of hydrogen-bond acceptors (Lipinski definition) is 1. The summed E-state index contributed by atoms with van der Waals surface area (Å²) in [6, 6.07) is 16.4. The maximum Gasteiger partial charge on any atom is 0.170 e. The predicted octanol–water partition coefficient (Wildman–Crippen LogP) is 5.41. The molecular formula is C17H18BrClN2S. The second-order valence-electron chi connectivity index (χ2n) is 5.15. The van der Waals surface area contributed by atoms with Crippen LogP contribution in [0.2, 0.25) is 5.02 Å². The SMILES string of the molecule is CC(CCc1ccccc1)NC(=S)Nc1ccc(Br)c(Cl)c1. The van der Waals surface area contributed by atoms with Crippen LogP contribution in [-0.2, 0) is 6.42 Å². The average molecular weight is 398 g/mol. The molecule has 5 heteroatoms. The monoisotopic (exact) mass is 396 g/mol. The van der Waals surface area contributed by atoms with Crippen LogP contribution in [0.1, 0.15) is 18.9 Å². The van der Waals surface area contributed by atoms with E-state index in [1.54, 1.807) is 0 Å². The van der Waals surface area contributed by atoms with Crippen molar-refractivity contribution in [2.45, 2.75) is 25.8 Å². The maximum atomic E-state index is 6.07. The van der Waals surface area contributed by atoms with Crippen molar-refractivity contribution in [3.63, 3.8) is 0 Å². The van der Waals surface area contributed by atoms with Crippen LogP contribution in [0.4, 0.5) is 5.69 Å². The Morgan fingerprint density at radius 3 is 2.64 bits per heavy atom. The van der Waals surface area contributed by atoms with E-state index in [4.69, 9.17) is 23.8 Å². The average Bonchev–Trinajstić information content (AvgIpc) is 2.50. The smallest absolute Gasteiger partial charge is 0.170 e. The lowest BCUT2D eigenvalue weighted by Crippen LogP contribution is -2.36. The molecule has 0 heterocycles. The number of rotatable bonds is 5. The molecule has 0 saturated heterocycles. The molecule has 0 radical (unpaired) electrons. The minimum Gasteiger partial charge on any atom is -0.360 e. The molecule has 2 aromatic carbocycles. The molecule has 2 N–H and O–H groups in total. The third-order valence-corrected chi connectivity index (χ3v) is 4.72. The van der Waals surface area contributed by atoms with Gasteiger partial charge in [-0.1, -0.05) is 41.9 Å². The van der Waals surface area contributed by atoms with Gasteiger partial charge in [0.2, 0.25) is 0 Å². The predicted molar refractivity (Wildman–Crippen MR) is 103 cm³/mol. The molecule has 0 aliphatic carbocycles. The van der Waals surface area contributed by atoms with Gasteiger partial charge in [-0.3, -0.25) is 0 Å². The van der Waals surface area contributed by atoms with Crippen molar-refractivity contribution in [1.29, 1.82) is 0 Å². The highest BCUT2D eigenvalue weighted by molar-refractivity contribution is 9.10. The Morgan fingerprint density at radius 2 is 1.95 bits per heavy atom. The van der Waals surface area contributed by atoms with Crippen LogP contribution < -0.4 is 10.6 Å². The molecule has 1 atom stereocenters. The van der Waals surface area contributed by atoms with Crippen molar-refractivity contribution in [1.82, 2.24) is 5.32 Å². The van der Waals surface area contributed by atoms with E-state index in [1.807, 2.05) is 24.3 Å². The molecule has 2 rings (SSSR count). The zero-order valence-electron chi connectivity index (χ0n) is 12.3. The van der Waals surface area contributed by atoms with Gasteiger partial charge in [0.25, 0.3) is 0 Å². The van der Waals surface area contributed by atoms with Gasteiger partial charge in [0.05, 0.1) is 5.02 Å². The lowest BCUT2D eigenvalue weighted by Gasteiger charge is -2.17. The van der Waals surface area contributed by atoms with Gasteiger partial charge in [-0.05, 0) is 71.7 Å². The molecule has 0 fully saturated rings. The summed E-state index contributed by atoms with van der Waals surface area (Å²) in [6.07, 6.45) is 2.05. The summed E-state index contributed by atoms with van der Waals surface area (Å²) in [5, 5.41) is 7.72. The van der Waals surface area contributed by atoms with Crippen LogP contribution in [0.3, 0.4) is 0 Å². The van der Waals surface area contributed by atoms with Crippen LogP contribution in [0.25, 0.3) is 0 Å². The lowest BCUT2D eigenvalue weighted by molar-refractivity contribution is 0.609. The van der Waals surface area contributed by atoms with Crippen molar-refractivity contribution in [3.8, 4) is 0 Å². The highest BCUT2D eigenvalue weighted by Gasteiger charge is 2.06. The summed E-state index contributed by atoms with van der Waals surface area (Å²) in [6.45, 7) is 2.13. The van der Waals surface area contributed by atoms with Crippen LogP contribution in [0.15, 0.2) is 53.0 Å². The second-order valence-corrected chi connectivity index (χ2v) is 6.82. The fourth-order valence-electron chi connectivity index (χ4n) is 2.06. The zero-order valence-corrected chi connectivity index (χ0v) is 15.4. The van der Waals surface area contributed by atoms with Crippen LogP contribution in [-0.4, -0.2) is 11.2 Å². The zero-order chi connectivity index (χ0) is 15.9. The number of halogens is 2. The fraction of sp³-hybridized carbons (Fsp3) is 0.235. The van der Waals surface area contributed by atoms with Crippen molar-refractivity contribution >= 4 is 50.5 Å². The summed E-state index contributed by atoms with van der Waals surface area (Å²) < 4.78 is 0.870. The minimum absolute atomic E-state index is 0.297. The van der Waals surface area contributed by atoms with E-state index in [9.17, 15) is 0 Å². The quantitative estimate of drug-likeness (QED) is 0.660. The van der Waals surface area contributed by atoms with Gasteiger partial charge in [0.1, 0.15) is 0 Å². The number of aryl methyl sites for hydroxylation is 1. The Kier molecular flexibility index (Phi) is 6.68. The standard InChI is InChI=1S/C17H18BrClN2S/c1-12(7-8-13-5-3-2-4-6-13)20-17(22)21-14-9-10-15(18)16(19)11-14/h2-6,9-12H,7-8H2,1H3,(H2,20,21,22). The normalized spacial score (nSPS) is 11.8. The largest absolute Gasteiger partial charge is 0.360 e. The Labute approximate surface area is 150 Å². The van der Waals surface area contributed by atoms with E-state index >= 15 is 0 Å². The Morgan fingerprint density at radius 1 is 1.23 bits per heavy atom. The third kappa shape index (κ3) is 5.59. The summed E-state index contributed by atoms with van der Waals surface area (Å²) in [4.78, 5) is 0. The van der Waals surface area contributed by atoms with Crippen molar-refractivity contribution in [3.05, 3.63) is 63.6 Å². The highest BCUT2D eigenvalue weighted by atomic mass is 79.9.